The van der Waals surface area contributed by atoms with E-state index in [1.54, 1.807) is 0 Å². The molecule has 2 nitrogen and oxygen atoms in total. The molecule has 1 N–H and O–H groups in total. The summed E-state index contributed by atoms with van der Waals surface area (Å²) < 4.78 is 2.30. The monoisotopic (exact) mass is 222 g/mol. The predicted molar refractivity (Wildman–Crippen MR) is 70.7 cm³/mol. The lowest BCUT2D eigenvalue weighted by molar-refractivity contribution is 0.552. The number of nitrogens with one attached hydrogen (secondary N) is 1. The van der Waals surface area contributed by atoms with Crippen LogP contribution in [0, 0.1) is 0 Å². The largest absolute Gasteiger partial charge is 0.354 e. The Hall–Kier alpha value is -0.760. The molecule has 0 radical (unpaired) electrons. The zero-order valence-corrected chi connectivity index (χ0v) is 11.0. The van der Waals surface area contributed by atoms with Crippen molar-refractivity contribution in [1.29, 1.82) is 0 Å². The number of rotatable bonds is 8. The van der Waals surface area contributed by atoms with E-state index in [2.05, 4.69) is 49.1 Å². The van der Waals surface area contributed by atoms with Crippen molar-refractivity contribution in [3.05, 3.63) is 24.0 Å². The lowest BCUT2D eigenvalue weighted by Crippen LogP contribution is -2.19. The van der Waals surface area contributed by atoms with Crippen molar-refractivity contribution in [3.8, 4) is 0 Å². The van der Waals surface area contributed by atoms with Crippen LogP contribution in [-0.2, 0) is 6.54 Å². The number of unbranched alkanes of at least 4 members (excludes halogenated alkanes) is 2. The van der Waals surface area contributed by atoms with Gasteiger partial charge in [-0.3, -0.25) is 0 Å². The van der Waals surface area contributed by atoms with Crippen molar-refractivity contribution in [2.45, 2.75) is 59.0 Å². The van der Waals surface area contributed by atoms with Crippen LogP contribution in [0.5, 0.6) is 0 Å². The second kappa shape index (κ2) is 7.50. The molecule has 1 aromatic rings. The molecule has 0 aliphatic heterocycles. The molecule has 0 aliphatic carbocycles. The molecule has 0 saturated heterocycles. The number of nitrogens with zero attached hydrogens (tertiary/aromatic N) is 1. The van der Waals surface area contributed by atoms with E-state index in [0.717, 1.165) is 13.1 Å². The summed E-state index contributed by atoms with van der Waals surface area (Å²) in [7, 11) is 0. The lowest BCUT2D eigenvalue weighted by Gasteiger charge is -2.11. The molecule has 0 fully saturated rings. The van der Waals surface area contributed by atoms with Crippen LogP contribution in [0.4, 0.5) is 0 Å². The van der Waals surface area contributed by atoms with Gasteiger partial charge in [0, 0.05) is 25.0 Å². The van der Waals surface area contributed by atoms with E-state index in [1.165, 1.54) is 31.2 Å². The van der Waals surface area contributed by atoms with Gasteiger partial charge in [0.25, 0.3) is 0 Å². The third kappa shape index (κ3) is 4.40. The Morgan fingerprint density at radius 1 is 1.25 bits per heavy atom. The van der Waals surface area contributed by atoms with E-state index in [1.807, 2.05) is 0 Å². The molecular formula is C14H26N2. The summed E-state index contributed by atoms with van der Waals surface area (Å²) in [6.45, 7) is 8.98. The van der Waals surface area contributed by atoms with Gasteiger partial charge in [0.05, 0.1) is 0 Å². The summed E-state index contributed by atoms with van der Waals surface area (Å²) in [5, 5.41) is 3.56. The van der Waals surface area contributed by atoms with Gasteiger partial charge >= 0.3 is 0 Å². The average Bonchev–Trinajstić information content (AvgIpc) is 2.75. The minimum Gasteiger partial charge on any atom is -0.354 e. The van der Waals surface area contributed by atoms with Crippen LogP contribution in [0.3, 0.4) is 0 Å². The summed E-state index contributed by atoms with van der Waals surface area (Å²) in [5.74, 6) is 0. The Kier molecular flexibility index (Phi) is 6.24. The van der Waals surface area contributed by atoms with E-state index in [-0.39, 0.29) is 0 Å². The molecule has 0 saturated carbocycles. The van der Waals surface area contributed by atoms with Gasteiger partial charge in [-0.1, -0.05) is 26.7 Å². The Morgan fingerprint density at radius 2 is 2.00 bits per heavy atom. The summed E-state index contributed by atoms with van der Waals surface area (Å²) in [5.41, 5.74) is 1.41. The topological polar surface area (TPSA) is 17.0 Å². The van der Waals surface area contributed by atoms with Crippen LogP contribution in [-0.4, -0.2) is 11.1 Å². The van der Waals surface area contributed by atoms with Gasteiger partial charge in [-0.25, -0.2) is 0 Å². The molecule has 1 rings (SSSR count). The molecule has 0 bridgehead atoms. The minimum atomic E-state index is 0.481. The van der Waals surface area contributed by atoms with Crippen LogP contribution in [0.25, 0.3) is 0 Å². The maximum Gasteiger partial charge on any atom is 0.0306 e. The van der Waals surface area contributed by atoms with Crippen molar-refractivity contribution >= 4 is 0 Å². The first-order valence-electron chi connectivity index (χ1n) is 6.67. The summed E-state index contributed by atoms with van der Waals surface area (Å²) in [6, 6.07) is 2.72. The molecule has 0 spiro atoms. The van der Waals surface area contributed by atoms with Crippen LogP contribution in [0.1, 0.15) is 58.1 Å². The second-order valence-corrected chi connectivity index (χ2v) is 4.57. The first-order valence-corrected chi connectivity index (χ1v) is 6.67. The second-order valence-electron chi connectivity index (χ2n) is 4.57. The van der Waals surface area contributed by atoms with Crippen molar-refractivity contribution in [2.24, 2.45) is 0 Å². The van der Waals surface area contributed by atoms with E-state index in [4.69, 9.17) is 0 Å². The quantitative estimate of drug-likeness (QED) is 0.663. The molecule has 1 heterocycles. The highest BCUT2D eigenvalue weighted by molar-refractivity contribution is 5.14. The highest BCUT2D eigenvalue weighted by Crippen LogP contribution is 2.13. The molecule has 0 aliphatic rings. The maximum absolute atomic E-state index is 3.56. The summed E-state index contributed by atoms with van der Waals surface area (Å²) in [6.07, 6.45) is 9.53. The molecule has 0 aromatic carbocycles. The van der Waals surface area contributed by atoms with Crippen LogP contribution in [0.15, 0.2) is 18.5 Å². The third-order valence-corrected chi connectivity index (χ3v) is 3.02. The number of aromatic nitrogens is 1. The number of aryl methyl sites for hydroxylation is 1. The normalized spacial score (nSPS) is 12.9. The first-order chi connectivity index (χ1) is 7.77. The van der Waals surface area contributed by atoms with E-state index in [0.29, 0.717) is 6.04 Å². The number of hydrogen-bond donors (Lipinski definition) is 1. The Morgan fingerprint density at radius 3 is 2.69 bits per heavy atom. The molecular weight excluding hydrogens is 196 g/mol. The van der Waals surface area contributed by atoms with Gasteiger partial charge in [-0.2, -0.15) is 0 Å². The molecule has 2 heteroatoms. The highest BCUT2D eigenvalue weighted by Gasteiger charge is 2.05. The van der Waals surface area contributed by atoms with E-state index in [9.17, 15) is 0 Å². The smallest absolute Gasteiger partial charge is 0.0306 e. The molecule has 0 unspecified atom stereocenters. The summed E-state index contributed by atoms with van der Waals surface area (Å²) in [4.78, 5) is 0. The predicted octanol–water partition coefficient (Wildman–Crippen LogP) is 3.74. The standard InChI is InChI=1S/C14H26N2/c1-4-6-9-15-13(3)14-8-11-16(12-14)10-7-5-2/h8,11-13,15H,4-7,9-10H2,1-3H3/t13-/m1/s1. The molecule has 1 atom stereocenters. The Balaban J connectivity index is 2.37. The molecule has 0 amide bonds. The van der Waals surface area contributed by atoms with Gasteiger partial charge < -0.3 is 9.88 Å². The molecule has 92 valence electrons. The zero-order chi connectivity index (χ0) is 11.8. The SMILES string of the molecule is CCCCN[C@H](C)c1ccn(CCCC)c1. The van der Waals surface area contributed by atoms with Gasteiger partial charge in [0.2, 0.25) is 0 Å². The number of hydrogen-bond acceptors (Lipinski definition) is 1. The van der Waals surface area contributed by atoms with Crippen molar-refractivity contribution < 1.29 is 0 Å². The van der Waals surface area contributed by atoms with E-state index >= 15 is 0 Å². The van der Waals surface area contributed by atoms with Crippen LogP contribution < -0.4 is 5.32 Å². The van der Waals surface area contributed by atoms with Gasteiger partial charge in [-0.15, -0.1) is 0 Å². The average molecular weight is 222 g/mol. The molecule has 1 aromatic heterocycles. The minimum absolute atomic E-state index is 0.481. The first kappa shape index (κ1) is 13.3. The molecule has 16 heavy (non-hydrogen) atoms. The highest BCUT2D eigenvalue weighted by atomic mass is 15.0. The maximum atomic E-state index is 3.56. The Bertz CT molecular complexity index is 278. The van der Waals surface area contributed by atoms with Crippen LogP contribution in [0.2, 0.25) is 0 Å². The lowest BCUT2D eigenvalue weighted by atomic mass is 10.2. The zero-order valence-electron chi connectivity index (χ0n) is 11.0. The van der Waals surface area contributed by atoms with Crippen molar-refractivity contribution in [3.63, 3.8) is 0 Å². The fourth-order valence-electron chi connectivity index (χ4n) is 1.81. The van der Waals surface area contributed by atoms with Gasteiger partial charge in [0.1, 0.15) is 0 Å². The van der Waals surface area contributed by atoms with E-state index < -0.39 is 0 Å². The van der Waals surface area contributed by atoms with Gasteiger partial charge in [-0.05, 0) is 37.9 Å². The fourth-order valence-corrected chi connectivity index (χ4v) is 1.81. The van der Waals surface area contributed by atoms with Crippen molar-refractivity contribution in [1.82, 2.24) is 9.88 Å². The summed E-state index contributed by atoms with van der Waals surface area (Å²) >= 11 is 0. The van der Waals surface area contributed by atoms with Gasteiger partial charge in [0.15, 0.2) is 0 Å². The third-order valence-electron chi connectivity index (χ3n) is 3.02. The van der Waals surface area contributed by atoms with Crippen molar-refractivity contribution in [2.75, 3.05) is 6.54 Å². The van der Waals surface area contributed by atoms with Crippen LogP contribution >= 0.6 is 0 Å². The fraction of sp³-hybridized carbons (Fsp3) is 0.714. The Labute approximate surface area is 100 Å².